The Morgan fingerprint density at radius 2 is 2.39 bits per heavy atom. The number of amides is 1. The Morgan fingerprint density at radius 1 is 1.67 bits per heavy atom. The van der Waals surface area contributed by atoms with Gasteiger partial charge in [0.2, 0.25) is 0 Å². The van der Waals surface area contributed by atoms with Gasteiger partial charge in [0.25, 0.3) is 5.91 Å². The molecule has 1 amide bonds. The fraction of sp³-hybridized carbons (Fsp3) is 0.667. The third-order valence-corrected chi connectivity index (χ3v) is 2.72. The Balaban J connectivity index is 2.66. The molecule has 0 aromatic carbocycles. The second kappa shape index (κ2) is 7.13. The molecule has 1 atom stereocenters. The average molecular weight is 254 g/mol. The Kier molecular flexibility index (Phi) is 5.80. The normalized spacial score (nSPS) is 12.4. The van der Waals surface area contributed by atoms with Gasteiger partial charge in [0, 0.05) is 25.4 Å². The first-order chi connectivity index (χ1) is 8.60. The predicted octanol–water partition coefficient (Wildman–Crippen LogP) is 0.305. The number of carbonyl (C=O) groups excluding carboxylic acids is 1. The lowest BCUT2D eigenvalue weighted by Crippen LogP contribution is -2.35. The topological polar surface area (TPSA) is 82.2 Å². The number of nitrogens with one attached hydrogen (secondary N) is 1. The van der Waals surface area contributed by atoms with Crippen LogP contribution in [0.15, 0.2) is 6.20 Å². The van der Waals surface area contributed by atoms with Crippen molar-refractivity contribution in [3.05, 3.63) is 17.5 Å². The summed E-state index contributed by atoms with van der Waals surface area (Å²) in [5, 5.41) is 7.06. The molecule has 0 saturated heterocycles. The van der Waals surface area contributed by atoms with Crippen molar-refractivity contribution in [3.8, 4) is 0 Å². The van der Waals surface area contributed by atoms with Crippen LogP contribution in [-0.2, 0) is 11.3 Å². The molecule has 0 fully saturated rings. The first kappa shape index (κ1) is 14.7. The van der Waals surface area contributed by atoms with Crippen LogP contribution in [0.25, 0.3) is 0 Å². The van der Waals surface area contributed by atoms with Crippen molar-refractivity contribution in [3.63, 3.8) is 0 Å². The van der Waals surface area contributed by atoms with E-state index in [4.69, 9.17) is 10.5 Å². The second-order valence-electron chi connectivity index (χ2n) is 4.34. The Labute approximate surface area is 107 Å². The Morgan fingerprint density at radius 3 is 3.00 bits per heavy atom. The third-order valence-electron chi connectivity index (χ3n) is 2.72. The first-order valence-corrected chi connectivity index (χ1v) is 6.12. The monoisotopic (exact) mass is 254 g/mol. The molecule has 0 aliphatic rings. The van der Waals surface area contributed by atoms with Crippen LogP contribution in [-0.4, -0.2) is 42.0 Å². The lowest BCUT2D eigenvalue weighted by Gasteiger charge is -2.12. The highest BCUT2D eigenvalue weighted by molar-refractivity contribution is 5.95. The second-order valence-corrected chi connectivity index (χ2v) is 4.34. The number of nitrogens with zero attached hydrogens (tertiary/aromatic N) is 2. The minimum atomic E-state index is -0.115. The lowest BCUT2D eigenvalue weighted by atomic mass is 10.2. The van der Waals surface area contributed by atoms with E-state index in [0.29, 0.717) is 18.7 Å². The van der Waals surface area contributed by atoms with Crippen LogP contribution in [0.2, 0.25) is 0 Å². The highest BCUT2D eigenvalue weighted by Crippen LogP contribution is 2.08. The van der Waals surface area contributed by atoms with E-state index in [1.54, 1.807) is 13.3 Å². The summed E-state index contributed by atoms with van der Waals surface area (Å²) in [6.07, 6.45) is 2.45. The molecule has 0 aliphatic heterocycles. The van der Waals surface area contributed by atoms with Crippen LogP contribution < -0.4 is 11.1 Å². The fourth-order valence-electron chi connectivity index (χ4n) is 1.73. The maximum absolute atomic E-state index is 12.0. The Hall–Kier alpha value is -1.40. The summed E-state index contributed by atoms with van der Waals surface area (Å²) in [6.45, 7) is 5.63. The van der Waals surface area contributed by atoms with E-state index < -0.39 is 0 Å². The predicted molar refractivity (Wildman–Crippen MR) is 69.4 cm³/mol. The lowest BCUT2D eigenvalue weighted by molar-refractivity contribution is 0.0905. The van der Waals surface area contributed by atoms with Crippen LogP contribution in [0.4, 0.5) is 0 Å². The SMILES string of the molecule is COCC(C)NC(=O)c1cnn(CCCN)c1C. The quantitative estimate of drug-likeness (QED) is 0.733. The van der Waals surface area contributed by atoms with Crippen molar-refractivity contribution < 1.29 is 9.53 Å². The number of rotatable bonds is 7. The van der Waals surface area contributed by atoms with Gasteiger partial charge in [-0.3, -0.25) is 9.48 Å². The molecule has 0 radical (unpaired) electrons. The molecule has 1 heterocycles. The summed E-state index contributed by atoms with van der Waals surface area (Å²) in [6, 6.07) is -0.0192. The minimum absolute atomic E-state index is 0.0192. The van der Waals surface area contributed by atoms with Gasteiger partial charge in [-0.15, -0.1) is 0 Å². The molecule has 1 aromatic heterocycles. The highest BCUT2D eigenvalue weighted by atomic mass is 16.5. The van der Waals surface area contributed by atoms with E-state index in [2.05, 4.69) is 10.4 Å². The molecule has 0 aliphatic carbocycles. The molecule has 102 valence electrons. The van der Waals surface area contributed by atoms with Crippen molar-refractivity contribution in [1.82, 2.24) is 15.1 Å². The number of aromatic nitrogens is 2. The van der Waals surface area contributed by atoms with E-state index in [-0.39, 0.29) is 11.9 Å². The van der Waals surface area contributed by atoms with E-state index in [0.717, 1.165) is 18.7 Å². The number of hydrogen-bond donors (Lipinski definition) is 2. The molecule has 1 aromatic rings. The summed E-state index contributed by atoms with van der Waals surface area (Å²) in [7, 11) is 1.61. The smallest absolute Gasteiger partial charge is 0.255 e. The van der Waals surface area contributed by atoms with Gasteiger partial charge in [0.05, 0.1) is 18.4 Å². The summed E-state index contributed by atoms with van der Waals surface area (Å²) < 4.78 is 6.79. The molecule has 0 spiro atoms. The van der Waals surface area contributed by atoms with Gasteiger partial charge in [-0.2, -0.15) is 5.10 Å². The zero-order valence-electron chi connectivity index (χ0n) is 11.3. The summed E-state index contributed by atoms with van der Waals surface area (Å²) in [5.41, 5.74) is 6.93. The molecule has 1 rings (SSSR count). The van der Waals surface area contributed by atoms with Gasteiger partial charge in [0.15, 0.2) is 0 Å². The number of nitrogens with two attached hydrogens (primary N) is 1. The van der Waals surface area contributed by atoms with Crippen LogP contribution in [0.5, 0.6) is 0 Å². The third kappa shape index (κ3) is 3.82. The molecule has 6 heteroatoms. The van der Waals surface area contributed by atoms with E-state index >= 15 is 0 Å². The summed E-state index contributed by atoms with van der Waals surface area (Å²) in [4.78, 5) is 12.0. The summed E-state index contributed by atoms with van der Waals surface area (Å²) >= 11 is 0. The molecule has 18 heavy (non-hydrogen) atoms. The van der Waals surface area contributed by atoms with E-state index in [1.807, 2.05) is 18.5 Å². The van der Waals surface area contributed by atoms with Gasteiger partial charge in [-0.05, 0) is 26.8 Å². The summed E-state index contributed by atoms with van der Waals surface area (Å²) in [5.74, 6) is -0.115. The molecule has 1 unspecified atom stereocenters. The largest absolute Gasteiger partial charge is 0.383 e. The van der Waals surface area contributed by atoms with Gasteiger partial charge >= 0.3 is 0 Å². The van der Waals surface area contributed by atoms with Crippen molar-refractivity contribution >= 4 is 5.91 Å². The van der Waals surface area contributed by atoms with Crippen LogP contribution >= 0.6 is 0 Å². The van der Waals surface area contributed by atoms with Crippen molar-refractivity contribution in [1.29, 1.82) is 0 Å². The van der Waals surface area contributed by atoms with Gasteiger partial charge < -0.3 is 15.8 Å². The molecular weight excluding hydrogens is 232 g/mol. The van der Waals surface area contributed by atoms with Crippen LogP contribution in [0.3, 0.4) is 0 Å². The van der Waals surface area contributed by atoms with Crippen molar-refractivity contribution in [2.75, 3.05) is 20.3 Å². The van der Waals surface area contributed by atoms with E-state index in [1.165, 1.54) is 0 Å². The number of hydrogen-bond acceptors (Lipinski definition) is 4. The number of carbonyl (C=O) groups is 1. The maximum atomic E-state index is 12.0. The Bertz CT molecular complexity index is 389. The average Bonchev–Trinajstić information content (AvgIpc) is 2.68. The van der Waals surface area contributed by atoms with Crippen LogP contribution in [0.1, 0.15) is 29.4 Å². The zero-order valence-corrected chi connectivity index (χ0v) is 11.3. The maximum Gasteiger partial charge on any atom is 0.255 e. The number of ether oxygens (including phenoxy) is 1. The van der Waals surface area contributed by atoms with Crippen molar-refractivity contribution in [2.24, 2.45) is 5.73 Å². The van der Waals surface area contributed by atoms with Gasteiger partial charge in [-0.1, -0.05) is 0 Å². The molecule has 0 saturated carbocycles. The van der Waals surface area contributed by atoms with E-state index in [9.17, 15) is 4.79 Å². The standard InChI is InChI=1S/C12H22N4O2/c1-9(8-18-3)15-12(17)11-7-14-16(10(11)2)6-4-5-13/h7,9H,4-6,8,13H2,1-3H3,(H,15,17). The van der Waals surface area contributed by atoms with Gasteiger partial charge in [-0.25, -0.2) is 0 Å². The molecule has 3 N–H and O–H groups in total. The van der Waals surface area contributed by atoms with Crippen LogP contribution in [0, 0.1) is 6.92 Å². The molecule has 0 bridgehead atoms. The molecular formula is C12H22N4O2. The minimum Gasteiger partial charge on any atom is -0.383 e. The van der Waals surface area contributed by atoms with Crippen molar-refractivity contribution in [2.45, 2.75) is 32.9 Å². The van der Waals surface area contributed by atoms with Gasteiger partial charge in [0.1, 0.15) is 0 Å². The molecule has 6 nitrogen and oxygen atoms in total. The highest BCUT2D eigenvalue weighted by Gasteiger charge is 2.15. The number of methoxy groups -OCH3 is 1. The fourth-order valence-corrected chi connectivity index (χ4v) is 1.73. The zero-order chi connectivity index (χ0) is 13.5. The first-order valence-electron chi connectivity index (χ1n) is 6.12. The number of aryl methyl sites for hydroxylation is 1.